The van der Waals surface area contributed by atoms with Crippen molar-refractivity contribution in [2.45, 2.75) is 13.5 Å². The summed E-state index contributed by atoms with van der Waals surface area (Å²) in [4.78, 5) is 31.0. The Morgan fingerprint density at radius 1 is 1.32 bits per heavy atom. The number of imidazole rings is 1. The molecular weight excluding hydrogens is 322 g/mol. The summed E-state index contributed by atoms with van der Waals surface area (Å²) in [5, 5.41) is 3.17. The van der Waals surface area contributed by atoms with Gasteiger partial charge < -0.3 is 10.1 Å². The molecule has 0 amide bonds. The molecule has 25 heavy (non-hydrogen) atoms. The standard InChI is InChI=1S/C17H21N5O3/c1-11-5-4-6-12(9-11)10-22-13-14(19-16(22)18-7-8-25-3)21(2)17(24)20-15(13)23/h4-6,9H,7-8,10H2,1-3H3,(H,18,19)(H,20,23,24). The minimum Gasteiger partial charge on any atom is -0.383 e. The fourth-order valence-corrected chi connectivity index (χ4v) is 2.78. The highest BCUT2D eigenvalue weighted by Gasteiger charge is 2.17. The number of aromatic nitrogens is 4. The van der Waals surface area contributed by atoms with Gasteiger partial charge in [-0.1, -0.05) is 29.8 Å². The Morgan fingerprint density at radius 2 is 2.12 bits per heavy atom. The second-order valence-corrected chi connectivity index (χ2v) is 5.92. The predicted molar refractivity (Wildman–Crippen MR) is 96.2 cm³/mol. The van der Waals surface area contributed by atoms with Gasteiger partial charge in [0.25, 0.3) is 5.56 Å². The summed E-state index contributed by atoms with van der Waals surface area (Å²) in [7, 11) is 3.20. The fourth-order valence-electron chi connectivity index (χ4n) is 2.78. The lowest BCUT2D eigenvalue weighted by Crippen LogP contribution is -2.29. The number of hydrogen-bond donors (Lipinski definition) is 2. The molecule has 0 saturated carbocycles. The summed E-state index contributed by atoms with van der Waals surface area (Å²) in [6.07, 6.45) is 0. The maximum absolute atomic E-state index is 12.4. The van der Waals surface area contributed by atoms with Crippen molar-refractivity contribution < 1.29 is 4.74 Å². The molecule has 0 radical (unpaired) electrons. The minimum absolute atomic E-state index is 0.348. The predicted octanol–water partition coefficient (Wildman–Crippen LogP) is 0.838. The first-order valence-corrected chi connectivity index (χ1v) is 7.99. The SMILES string of the molecule is COCCNc1nc2c(c(=O)[nH]c(=O)n2C)n1Cc1cccc(C)c1. The van der Waals surface area contributed by atoms with Crippen molar-refractivity contribution in [1.29, 1.82) is 0 Å². The molecule has 0 bridgehead atoms. The van der Waals surface area contributed by atoms with Gasteiger partial charge in [0, 0.05) is 20.7 Å². The number of nitrogens with one attached hydrogen (secondary N) is 2. The van der Waals surface area contributed by atoms with Crippen LogP contribution in [0.3, 0.4) is 0 Å². The summed E-state index contributed by atoms with van der Waals surface area (Å²) in [6, 6.07) is 8.04. The van der Waals surface area contributed by atoms with Crippen LogP contribution in [-0.4, -0.2) is 39.4 Å². The minimum atomic E-state index is -0.485. The molecule has 2 heterocycles. The number of aryl methyl sites for hydroxylation is 2. The second-order valence-electron chi connectivity index (χ2n) is 5.92. The van der Waals surface area contributed by atoms with E-state index in [1.165, 1.54) is 4.57 Å². The van der Waals surface area contributed by atoms with Crippen LogP contribution in [0.1, 0.15) is 11.1 Å². The van der Waals surface area contributed by atoms with Crippen molar-refractivity contribution in [2.75, 3.05) is 25.6 Å². The lowest BCUT2D eigenvalue weighted by molar-refractivity contribution is 0.210. The van der Waals surface area contributed by atoms with Gasteiger partial charge in [0.05, 0.1) is 13.2 Å². The Kier molecular flexibility index (Phi) is 4.71. The van der Waals surface area contributed by atoms with Crippen LogP contribution in [-0.2, 0) is 18.3 Å². The quantitative estimate of drug-likeness (QED) is 0.647. The zero-order valence-electron chi connectivity index (χ0n) is 14.5. The number of anilines is 1. The Morgan fingerprint density at radius 3 is 2.84 bits per heavy atom. The van der Waals surface area contributed by atoms with Crippen LogP contribution in [0, 0.1) is 6.92 Å². The maximum atomic E-state index is 12.4. The van der Waals surface area contributed by atoms with Crippen LogP contribution in [0.5, 0.6) is 0 Å². The van der Waals surface area contributed by atoms with E-state index in [0.29, 0.717) is 36.8 Å². The summed E-state index contributed by atoms with van der Waals surface area (Å²) < 4.78 is 8.18. The fraction of sp³-hybridized carbons (Fsp3) is 0.353. The third-order valence-electron chi connectivity index (χ3n) is 4.02. The molecule has 0 unspecified atom stereocenters. The van der Waals surface area contributed by atoms with E-state index in [9.17, 15) is 9.59 Å². The highest BCUT2D eigenvalue weighted by molar-refractivity contribution is 5.74. The molecule has 1 aromatic carbocycles. The van der Waals surface area contributed by atoms with Crippen LogP contribution in [0.15, 0.2) is 33.9 Å². The number of methoxy groups -OCH3 is 1. The van der Waals surface area contributed by atoms with E-state index in [-0.39, 0.29) is 0 Å². The first-order chi connectivity index (χ1) is 12.0. The van der Waals surface area contributed by atoms with Gasteiger partial charge in [-0.25, -0.2) is 4.79 Å². The molecular formula is C17H21N5O3. The van der Waals surface area contributed by atoms with E-state index in [1.54, 1.807) is 18.7 Å². The molecule has 0 aliphatic carbocycles. The summed E-state index contributed by atoms with van der Waals surface area (Å²) in [6.45, 7) is 3.53. The van der Waals surface area contributed by atoms with E-state index in [2.05, 4.69) is 21.4 Å². The van der Waals surface area contributed by atoms with Crippen LogP contribution in [0.4, 0.5) is 5.95 Å². The zero-order valence-corrected chi connectivity index (χ0v) is 14.5. The van der Waals surface area contributed by atoms with Gasteiger partial charge in [-0.15, -0.1) is 0 Å². The van der Waals surface area contributed by atoms with Gasteiger partial charge in [-0.2, -0.15) is 4.98 Å². The molecule has 3 rings (SSSR count). The number of fused-ring (bicyclic) bond motifs is 1. The van der Waals surface area contributed by atoms with Crippen LogP contribution in [0.25, 0.3) is 11.2 Å². The Labute approximate surface area is 144 Å². The van der Waals surface area contributed by atoms with Gasteiger partial charge in [0.2, 0.25) is 5.95 Å². The molecule has 0 aliphatic rings. The molecule has 0 atom stereocenters. The molecule has 0 fully saturated rings. The smallest absolute Gasteiger partial charge is 0.329 e. The van der Waals surface area contributed by atoms with Gasteiger partial charge in [0.1, 0.15) is 0 Å². The van der Waals surface area contributed by atoms with Crippen molar-refractivity contribution in [1.82, 2.24) is 19.1 Å². The van der Waals surface area contributed by atoms with E-state index >= 15 is 0 Å². The van der Waals surface area contributed by atoms with Gasteiger partial charge in [-0.3, -0.25) is 18.9 Å². The molecule has 0 spiro atoms. The average molecular weight is 343 g/mol. The Balaban J connectivity index is 2.15. The molecule has 0 aliphatic heterocycles. The highest BCUT2D eigenvalue weighted by Crippen LogP contribution is 2.18. The molecule has 2 N–H and O–H groups in total. The van der Waals surface area contributed by atoms with E-state index < -0.39 is 11.2 Å². The third-order valence-corrected chi connectivity index (χ3v) is 4.02. The third kappa shape index (κ3) is 3.34. The number of aromatic amines is 1. The molecule has 2 aromatic heterocycles. The lowest BCUT2D eigenvalue weighted by Gasteiger charge is -2.11. The van der Waals surface area contributed by atoms with Crippen molar-refractivity contribution in [3.8, 4) is 0 Å². The maximum Gasteiger partial charge on any atom is 0.329 e. The second kappa shape index (κ2) is 6.94. The monoisotopic (exact) mass is 343 g/mol. The van der Waals surface area contributed by atoms with Gasteiger partial charge in [0.15, 0.2) is 11.2 Å². The summed E-state index contributed by atoms with van der Waals surface area (Å²) in [5.74, 6) is 0.528. The summed E-state index contributed by atoms with van der Waals surface area (Å²) >= 11 is 0. The molecule has 8 heteroatoms. The van der Waals surface area contributed by atoms with E-state index in [1.807, 2.05) is 25.1 Å². The van der Waals surface area contributed by atoms with Crippen molar-refractivity contribution in [3.63, 3.8) is 0 Å². The zero-order chi connectivity index (χ0) is 18.0. The number of benzene rings is 1. The molecule has 132 valence electrons. The first-order valence-electron chi connectivity index (χ1n) is 7.99. The first kappa shape index (κ1) is 17.0. The topological polar surface area (TPSA) is 93.9 Å². The van der Waals surface area contributed by atoms with Crippen LogP contribution < -0.4 is 16.6 Å². The number of hydrogen-bond acceptors (Lipinski definition) is 5. The van der Waals surface area contributed by atoms with Crippen molar-refractivity contribution >= 4 is 17.1 Å². The van der Waals surface area contributed by atoms with Crippen molar-refractivity contribution in [3.05, 3.63) is 56.2 Å². The van der Waals surface area contributed by atoms with Crippen molar-refractivity contribution in [2.24, 2.45) is 7.05 Å². The summed E-state index contributed by atoms with van der Waals surface area (Å²) in [5.41, 5.74) is 1.96. The highest BCUT2D eigenvalue weighted by atomic mass is 16.5. The Hall–Kier alpha value is -2.87. The normalized spacial score (nSPS) is 11.2. The van der Waals surface area contributed by atoms with Gasteiger partial charge in [-0.05, 0) is 12.5 Å². The van der Waals surface area contributed by atoms with Crippen LogP contribution >= 0.6 is 0 Å². The van der Waals surface area contributed by atoms with Gasteiger partial charge >= 0.3 is 5.69 Å². The number of ether oxygens (including phenoxy) is 1. The number of nitrogens with zero attached hydrogens (tertiary/aromatic N) is 3. The largest absolute Gasteiger partial charge is 0.383 e. The van der Waals surface area contributed by atoms with E-state index in [4.69, 9.17) is 4.74 Å². The number of rotatable bonds is 6. The average Bonchev–Trinajstić information content (AvgIpc) is 2.92. The van der Waals surface area contributed by atoms with E-state index in [0.717, 1.165) is 11.1 Å². The Bertz CT molecular complexity index is 1020. The number of H-pyrrole nitrogens is 1. The molecule has 0 saturated heterocycles. The lowest BCUT2D eigenvalue weighted by atomic mass is 10.1. The van der Waals surface area contributed by atoms with Crippen LogP contribution in [0.2, 0.25) is 0 Å². The molecule has 8 nitrogen and oxygen atoms in total. The molecule has 3 aromatic rings.